The van der Waals surface area contributed by atoms with Crippen LogP contribution in [0.5, 0.6) is 5.75 Å². The van der Waals surface area contributed by atoms with Crippen LogP contribution in [0.4, 0.5) is 5.69 Å². The van der Waals surface area contributed by atoms with Crippen molar-refractivity contribution in [1.82, 2.24) is 0 Å². The summed E-state index contributed by atoms with van der Waals surface area (Å²) in [5.74, 6) is -0.729. The predicted molar refractivity (Wildman–Crippen MR) is 113 cm³/mol. The fourth-order valence-electron chi connectivity index (χ4n) is 3.21. The number of benzene rings is 2. The van der Waals surface area contributed by atoms with Gasteiger partial charge in [0, 0.05) is 23.6 Å². The van der Waals surface area contributed by atoms with Crippen LogP contribution in [0.1, 0.15) is 45.0 Å². The lowest BCUT2D eigenvalue weighted by Crippen LogP contribution is -2.41. The third kappa shape index (κ3) is 3.92. The molecule has 0 unspecified atom stereocenters. The van der Waals surface area contributed by atoms with E-state index in [2.05, 4.69) is 5.32 Å². The topological polar surface area (TPSA) is 86.3 Å². The molecule has 3 rings (SSSR count). The second-order valence-electron chi connectivity index (χ2n) is 8.04. The molecule has 0 aromatic heterocycles. The van der Waals surface area contributed by atoms with Crippen molar-refractivity contribution >= 4 is 35.0 Å². The molecule has 1 saturated heterocycles. The average molecular weight is 401 g/mol. The Balaban J connectivity index is 2.11. The van der Waals surface area contributed by atoms with Crippen molar-refractivity contribution in [2.75, 3.05) is 25.8 Å². The molecule has 0 saturated carbocycles. The van der Waals surface area contributed by atoms with Gasteiger partial charge in [0.2, 0.25) is 0 Å². The molecule has 0 radical (unpaired) electrons. The van der Waals surface area contributed by atoms with Crippen molar-refractivity contribution in [2.24, 2.45) is 0 Å². The van der Waals surface area contributed by atoms with Gasteiger partial charge >= 0.3 is 13.1 Å². The minimum absolute atomic E-state index is 0.0871. The zero-order valence-electron chi connectivity index (χ0n) is 17.8. The largest absolute Gasteiger partial charge is 0.506 e. The molecular weight excluding hydrogens is 373 g/mol. The van der Waals surface area contributed by atoms with Crippen LogP contribution in [0.2, 0.25) is 0 Å². The lowest BCUT2D eigenvalue weighted by atomic mass is 9.78. The third-order valence-electron chi connectivity index (χ3n) is 5.56. The van der Waals surface area contributed by atoms with E-state index in [0.717, 1.165) is 10.8 Å². The van der Waals surface area contributed by atoms with Crippen LogP contribution in [0, 0.1) is 0 Å². The number of carbonyl (C=O) groups excluding carboxylic acids is 1. The summed E-state index contributed by atoms with van der Waals surface area (Å²) in [5.41, 5.74) is 0.538. The van der Waals surface area contributed by atoms with E-state index in [4.69, 9.17) is 18.8 Å². The Kier molecular flexibility index (Phi) is 5.80. The number of fused-ring (bicyclic) bond motifs is 1. The first-order valence-electron chi connectivity index (χ1n) is 9.66. The van der Waals surface area contributed by atoms with Gasteiger partial charge in [0.05, 0.1) is 17.8 Å². The highest BCUT2D eigenvalue weighted by molar-refractivity contribution is 6.62. The standard InChI is InChI=1S/C21H28BNO6/c1-7-27-19(25)16-11-17(23-12-26-6)14-9-8-13(10-15(14)18(16)24)22-28-20(2,3)21(4,5)29-22/h8-11,23-24H,7,12H2,1-6H3. The molecule has 8 heteroatoms. The Labute approximate surface area is 171 Å². The maximum absolute atomic E-state index is 12.4. The van der Waals surface area contributed by atoms with E-state index in [1.54, 1.807) is 26.2 Å². The van der Waals surface area contributed by atoms with Crippen LogP contribution < -0.4 is 10.8 Å². The van der Waals surface area contributed by atoms with E-state index in [9.17, 15) is 9.90 Å². The number of anilines is 1. The van der Waals surface area contributed by atoms with Crippen molar-refractivity contribution in [1.29, 1.82) is 0 Å². The Morgan fingerprint density at radius 2 is 1.79 bits per heavy atom. The van der Waals surface area contributed by atoms with Gasteiger partial charge in [0.15, 0.2) is 0 Å². The maximum atomic E-state index is 12.4. The van der Waals surface area contributed by atoms with Crippen LogP contribution in [0.15, 0.2) is 24.3 Å². The number of rotatable bonds is 6. The van der Waals surface area contributed by atoms with Crippen LogP contribution in [0.25, 0.3) is 10.8 Å². The Hall–Kier alpha value is -2.29. The smallest absolute Gasteiger partial charge is 0.494 e. The first-order valence-corrected chi connectivity index (χ1v) is 9.66. The Morgan fingerprint density at radius 1 is 1.14 bits per heavy atom. The summed E-state index contributed by atoms with van der Waals surface area (Å²) in [6, 6.07) is 7.12. The number of hydrogen-bond acceptors (Lipinski definition) is 7. The van der Waals surface area contributed by atoms with Crippen molar-refractivity contribution < 1.29 is 28.7 Å². The SMILES string of the molecule is CCOC(=O)c1cc(NCOC)c2ccc(B3OC(C)(C)C(C)(C)O3)cc2c1O. The van der Waals surface area contributed by atoms with Gasteiger partial charge in [-0.2, -0.15) is 0 Å². The molecule has 1 aliphatic rings. The fourth-order valence-corrected chi connectivity index (χ4v) is 3.21. The first-order chi connectivity index (χ1) is 13.6. The summed E-state index contributed by atoms with van der Waals surface area (Å²) in [6.45, 7) is 10.1. The molecular formula is C21H28BNO6. The maximum Gasteiger partial charge on any atom is 0.494 e. The number of phenols is 1. The van der Waals surface area contributed by atoms with Crippen molar-refractivity contribution in [3.8, 4) is 5.75 Å². The normalized spacial score (nSPS) is 17.5. The van der Waals surface area contributed by atoms with Crippen LogP contribution >= 0.6 is 0 Å². The first kappa shape index (κ1) is 21.4. The highest BCUT2D eigenvalue weighted by Gasteiger charge is 2.51. The van der Waals surface area contributed by atoms with Crippen LogP contribution in [-0.4, -0.2) is 49.8 Å². The summed E-state index contributed by atoms with van der Waals surface area (Å²) >= 11 is 0. The molecule has 0 atom stereocenters. The summed E-state index contributed by atoms with van der Waals surface area (Å²) in [6.07, 6.45) is 0. The molecule has 0 aliphatic carbocycles. The van der Waals surface area contributed by atoms with E-state index in [0.29, 0.717) is 11.1 Å². The molecule has 2 N–H and O–H groups in total. The number of hydrogen-bond donors (Lipinski definition) is 2. The van der Waals surface area contributed by atoms with Gasteiger partial charge in [-0.25, -0.2) is 4.79 Å². The predicted octanol–water partition coefficient (Wildman–Crippen LogP) is 3.04. The van der Waals surface area contributed by atoms with Crippen LogP contribution in [0.3, 0.4) is 0 Å². The zero-order valence-corrected chi connectivity index (χ0v) is 17.8. The summed E-state index contributed by atoms with van der Waals surface area (Å²) in [4.78, 5) is 12.4. The lowest BCUT2D eigenvalue weighted by Gasteiger charge is -2.32. The molecule has 29 heavy (non-hydrogen) atoms. The zero-order chi connectivity index (χ0) is 21.4. The van der Waals surface area contributed by atoms with Crippen LogP contribution in [-0.2, 0) is 18.8 Å². The number of ether oxygens (including phenoxy) is 2. The number of carbonyl (C=O) groups is 1. The van der Waals surface area contributed by atoms with E-state index in [1.807, 2.05) is 39.8 Å². The summed E-state index contributed by atoms with van der Waals surface area (Å²) in [7, 11) is 0.989. The summed E-state index contributed by atoms with van der Waals surface area (Å²) in [5, 5.41) is 15.2. The van der Waals surface area contributed by atoms with E-state index in [-0.39, 0.29) is 24.7 Å². The van der Waals surface area contributed by atoms with Gasteiger partial charge in [0.1, 0.15) is 18.0 Å². The van der Waals surface area contributed by atoms with Gasteiger partial charge in [-0.3, -0.25) is 0 Å². The number of aromatic hydroxyl groups is 1. The molecule has 1 fully saturated rings. The second kappa shape index (κ2) is 7.86. The minimum atomic E-state index is -0.589. The molecule has 1 heterocycles. The Bertz CT molecular complexity index is 911. The van der Waals surface area contributed by atoms with Crippen molar-refractivity contribution in [3.63, 3.8) is 0 Å². The average Bonchev–Trinajstić information content (AvgIpc) is 2.88. The number of methoxy groups -OCH3 is 1. The third-order valence-corrected chi connectivity index (χ3v) is 5.56. The highest BCUT2D eigenvalue weighted by atomic mass is 16.7. The molecule has 2 aromatic carbocycles. The molecule has 2 aromatic rings. The van der Waals surface area contributed by atoms with Gasteiger partial charge in [-0.05, 0) is 46.1 Å². The number of esters is 1. The molecule has 156 valence electrons. The van der Waals surface area contributed by atoms with E-state index in [1.165, 1.54) is 0 Å². The molecule has 1 aliphatic heterocycles. The van der Waals surface area contributed by atoms with Gasteiger partial charge in [-0.15, -0.1) is 0 Å². The fraction of sp³-hybridized carbons (Fsp3) is 0.476. The number of nitrogens with one attached hydrogen (secondary N) is 1. The van der Waals surface area contributed by atoms with Gasteiger partial charge in [-0.1, -0.05) is 18.2 Å². The van der Waals surface area contributed by atoms with E-state index < -0.39 is 24.3 Å². The Morgan fingerprint density at radius 3 is 2.38 bits per heavy atom. The molecule has 0 amide bonds. The number of phenolic OH excluding ortho intramolecular Hbond substituents is 1. The summed E-state index contributed by atoms with van der Waals surface area (Å²) < 4.78 is 22.4. The molecule has 7 nitrogen and oxygen atoms in total. The lowest BCUT2D eigenvalue weighted by molar-refractivity contribution is 0.00578. The van der Waals surface area contributed by atoms with Crippen molar-refractivity contribution in [3.05, 3.63) is 29.8 Å². The quantitative estimate of drug-likeness (QED) is 0.333. The van der Waals surface area contributed by atoms with E-state index >= 15 is 0 Å². The molecule has 0 bridgehead atoms. The monoisotopic (exact) mass is 401 g/mol. The van der Waals surface area contributed by atoms with Gasteiger partial charge in [0.25, 0.3) is 0 Å². The molecule has 0 spiro atoms. The highest BCUT2D eigenvalue weighted by Crippen LogP contribution is 2.38. The minimum Gasteiger partial charge on any atom is -0.506 e. The van der Waals surface area contributed by atoms with Gasteiger partial charge < -0.3 is 29.2 Å². The second-order valence-corrected chi connectivity index (χ2v) is 8.04. The van der Waals surface area contributed by atoms with Crippen molar-refractivity contribution in [2.45, 2.75) is 45.8 Å².